The number of aromatic hydroxyl groups is 1. The molecular weight excluding hydrogens is 350 g/mol. The maximum Gasteiger partial charge on any atom is 0.362 e. The number of fused-ring (bicyclic) bond motifs is 1. The Morgan fingerprint density at radius 3 is 2.78 bits per heavy atom. The van der Waals surface area contributed by atoms with E-state index < -0.39 is 11.6 Å². The van der Waals surface area contributed by atoms with Gasteiger partial charge in [0.25, 0.3) is 0 Å². The maximum atomic E-state index is 12.2. The summed E-state index contributed by atoms with van der Waals surface area (Å²) in [7, 11) is 0. The third-order valence-corrected chi connectivity index (χ3v) is 3.89. The second-order valence-electron chi connectivity index (χ2n) is 5.70. The van der Waals surface area contributed by atoms with Crippen molar-refractivity contribution in [1.82, 2.24) is 15.0 Å². The van der Waals surface area contributed by atoms with E-state index in [-0.39, 0.29) is 23.6 Å². The number of nitrogens with zero attached hydrogens (tertiary/aromatic N) is 3. The van der Waals surface area contributed by atoms with Crippen LogP contribution in [-0.4, -0.2) is 26.1 Å². The molecule has 0 atom stereocenters. The smallest absolute Gasteiger partial charge is 0.362 e. The van der Waals surface area contributed by atoms with Gasteiger partial charge in [-0.25, -0.2) is 14.3 Å². The number of para-hydroxylation sites is 2. The van der Waals surface area contributed by atoms with E-state index in [1.165, 1.54) is 23.0 Å². The lowest BCUT2D eigenvalue weighted by Crippen LogP contribution is -2.10. The van der Waals surface area contributed by atoms with E-state index in [0.717, 1.165) is 5.39 Å². The summed E-state index contributed by atoms with van der Waals surface area (Å²) in [5.41, 5.74) is 0.505. The molecule has 0 radical (unpaired) electrons. The molecule has 0 spiro atoms. The molecule has 0 saturated heterocycles. The molecule has 0 aliphatic rings. The van der Waals surface area contributed by atoms with Crippen LogP contribution < -0.4 is 5.63 Å². The average Bonchev–Trinajstić information content (AvgIpc) is 3.14. The van der Waals surface area contributed by atoms with Gasteiger partial charge in [-0.05, 0) is 24.3 Å². The number of carbonyl (C=O) groups excluding carboxylic acids is 1. The molecule has 27 heavy (non-hydrogen) atoms. The van der Waals surface area contributed by atoms with Crippen LogP contribution in [0.25, 0.3) is 16.7 Å². The van der Waals surface area contributed by atoms with E-state index in [2.05, 4.69) is 10.3 Å². The molecule has 0 aliphatic heterocycles. The van der Waals surface area contributed by atoms with Crippen molar-refractivity contribution in [3.63, 3.8) is 0 Å². The number of aromatic nitrogens is 3. The third-order valence-electron chi connectivity index (χ3n) is 3.89. The van der Waals surface area contributed by atoms with Gasteiger partial charge in [0, 0.05) is 5.39 Å². The second-order valence-corrected chi connectivity index (χ2v) is 5.70. The average molecular weight is 363 g/mol. The molecule has 2 heterocycles. The first kappa shape index (κ1) is 16.5. The minimum Gasteiger partial charge on any atom is -0.507 e. The molecule has 4 rings (SSSR count). The molecular formula is C19H13N3O5. The van der Waals surface area contributed by atoms with E-state index in [4.69, 9.17) is 9.15 Å². The standard InChI is InChI=1S/C19H13N3O5/c23-16-7-3-2-6-14(16)18(24)26-11-13-10-22(21-20-13)15-9-12-5-1-4-8-17(12)27-19(15)25/h1-10,23H,11H2. The Morgan fingerprint density at radius 2 is 1.93 bits per heavy atom. The van der Waals surface area contributed by atoms with E-state index in [1.54, 1.807) is 30.3 Å². The number of phenolic OH excluding ortho intramolecular Hbond substituents is 1. The van der Waals surface area contributed by atoms with Gasteiger partial charge in [0.1, 0.15) is 29.2 Å². The Labute approximate surface area is 152 Å². The molecule has 1 N–H and O–H groups in total. The zero-order valence-electron chi connectivity index (χ0n) is 13.9. The quantitative estimate of drug-likeness (QED) is 0.438. The van der Waals surface area contributed by atoms with E-state index >= 15 is 0 Å². The fourth-order valence-corrected chi connectivity index (χ4v) is 2.56. The van der Waals surface area contributed by atoms with Crippen LogP contribution in [0.5, 0.6) is 5.75 Å². The number of rotatable bonds is 4. The van der Waals surface area contributed by atoms with Crippen LogP contribution >= 0.6 is 0 Å². The summed E-state index contributed by atoms with van der Waals surface area (Å²) in [6, 6.07) is 14.8. The first-order valence-corrected chi connectivity index (χ1v) is 8.01. The number of hydrogen-bond donors (Lipinski definition) is 1. The minimum atomic E-state index is -0.687. The summed E-state index contributed by atoms with van der Waals surface area (Å²) in [6.45, 7) is -0.161. The zero-order valence-corrected chi connectivity index (χ0v) is 13.9. The largest absolute Gasteiger partial charge is 0.507 e. The maximum absolute atomic E-state index is 12.2. The molecule has 0 bridgehead atoms. The lowest BCUT2D eigenvalue weighted by molar-refractivity contribution is 0.0464. The number of carbonyl (C=O) groups is 1. The Balaban J connectivity index is 1.54. The van der Waals surface area contributed by atoms with Crippen LogP contribution in [0.2, 0.25) is 0 Å². The SMILES string of the molecule is O=C(OCc1cn(-c2cc3ccccc3oc2=O)nn1)c1ccccc1O. The first-order valence-electron chi connectivity index (χ1n) is 8.01. The number of ether oxygens (including phenoxy) is 1. The molecule has 0 fully saturated rings. The summed E-state index contributed by atoms with van der Waals surface area (Å²) >= 11 is 0. The summed E-state index contributed by atoms with van der Waals surface area (Å²) < 4.78 is 11.7. The molecule has 8 nitrogen and oxygen atoms in total. The Bertz CT molecular complexity index is 1200. The van der Waals surface area contributed by atoms with Gasteiger partial charge in [-0.3, -0.25) is 0 Å². The van der Waals surface area contributed by atoms with Crippen LogP contribution in [0.1, 0.15) is 16.1 Å². The lowest BCUT2D eigenvalue weighted by atomic mass is 10.2. The van der Waals surface area contributed by atoms with Crippen LogP contribution in [0.4, 0.5) is 0 Å². The van der Waals surface area contributed by atoms with Gasteiger partial charge < -0.3 is 14.3 Å². The lowest BCUT2D eigenvalue weighted by Gasteiger charge is -2.04. The van der Waals surface area contributed by atoms with Crippen molar-refractivity contribution in [3.05, 3.63) is 82.5 Å². The molecule has 0 saturated carbocycles. The van der Waals surface area contributed by atoms with Crippen LogP contribution in [0.3, 0.4) is 0 Å². The predicted molar refractivity (Wildman–Crippen MR) is 94.6 cm³/mol. The Hall–Kier alpha value is -3.94. The molecule has 0 aliphatic carbocycles. The molecule has 2 aromatic carbocycles. The Morgan fingerprint density at radius 1 is 1.15 bits per heavy atom. The van der Waals surface area contributed by atoms with Crippen molar-refractivity contribution in [3.8, 4) is 11.4 Å². The van der Waals surface area contributed by atoms with Gasteiger partial charge in [-0.1, -0.05) is 35.5 Å². The molecule has 0 amide bonds. The number of benzene rings is 2. The zero-order chi connectivity index (χ0) is 18.8. The first-order chi connectivity index (χ1) is 13.1. The minimum absolute atomic E-state index is 0.0556. The third kappa shape index (κ3) is 3.28. The van der Waals surface area contributed by atoms with Crippen molar-refractivity contribution in [1.29, 1.82) is 0 Å². The highest BCUT2D eigenvalue weighted by Gasteiger charge is 2.14. The monoisotopic (exact) mass is 363 g/mol. The number of phenols is 1. The normalized spacial score (nSPS) is 10.8. The summed E-state index contributed by atoms with van der Waals surface area (Å²) in [5, 5.41) is 18.2. The van der Waals surface area contributed by atoms with Crippen LogP contribution in [-0.2, 0) is 11.3 Å². The van der Waals surface area contributed by atoms with Gasteiger partial charge in [0.2, 0.25) is 0 Å². The summed E-state index contributed by atoms with van der Waals surface area (Å²) in [5.74, 6) is -0.854. The van der Waals surface area contributed by atoms with Crippen LogP contribution in [0, 0.1) is 0 Å². The van der Waals surface area contributed by atoms with Gasteiger partial charge in [0.15, 0.2) is 5.69 Å². The molecule has 0 unspecified atom stereocenters. The molecule has 8 heteroatoms. The van der Waals surface area contributed by atoms with E-state index in [1.807, 2.05) is 12.1 Å². The van der Waals surface area contributed by atoms with Crippen molar-refractivity contribution in [2.75, 3.05) is 0 Å². The van der Waals surface area contributed by atoms with Gasteiger partial charge >= 0.3 is 11.6 Å². The highest BCUT2D eigenvalue weighted by molar-refractivity contribution is 5.92. The van der Waals surface area contributed by atoms with Crippen LogP contribution in [0.15, 0.2) is 70.0 Å². The van der Waals surface area contributed by atoms with E-state index in [9.17, 15) is 14.7 Å². The van der Waals surface area contributed by atoms with Crippen molar-refractivity contribution >= 4 is 16.9 Å². The topological polar surface area (TPSA) is 107 Å². The highest BCUT2D eigenvalue weighted by atomic mass is 16.5. The number of esters is 1. The van der Waals surface area contributed by atoms with Crippen molar-refractivity contribution in [2.45, 2.75) is 6.61 Å². The summed E-state index contributed by atoms with van der Waals surface area (Å²) in [4.78, 5) is 24.2. The van der Waals surface area contributed by atoms with Gasteiger partial charge in [-0.2, -0.15) is 0 Å². The predicted octanol–water partition coefficient (Wildman–Crippen LogP) is 2.44. The molecule has 134 valence electrons. The van der Waals surface area contributed by atoms with Gasteiger partial charge in [0.05, 0.1) is 6.20 Å². The fourth-order valence-electron chi connectivity index (χ4n) is 2.56. The summed E-state index contributed by atoms with van der Waals surface area (Å²) in [6.07, 6.45) is 1.47. The Kier molecular flexibility index (Phi) is 4.13. The fraction of sp³-hybridized carbons (Fsp3) is 0.0526. The van der Waals surface area contributed by atoms with Crippen molar-refractivity contribution in [2.24, 2.45) is 0 Å². The highest BCUT2D eigenvalue weighted by Crippen LogP contribution is 2.17. The van der Waals surface area contributed by atoms with Crippen molar-refractivity contribution < 1.29 is 19.1 Å². The number of hydrogen-bond acceptors (Lipinski definition) is 7. The second kappa shape index (κ2) is 6.75. The molecule has 4 aromatic rings. The van der Waals surface area contributed by atoms with E-state index in [0.29, 0.717) is 11.3 Å². The molecule has 2 aromatic heterocycles. The van der Waals surface area contributed by atoms with Gasteiger partial charge in [-0.15, -0.1) is 5.10 Å².